The maximum atomic E-state index is 13.0. The molecular formula is C21H28N7O6S2+. The van der Waals surface area contributed by atoms with Crippen molar-refractivity contribution in [3.8, 4) is 0 Å². The van der Waals surface area contributed by atoms with Gasteiger partial charge in [-0.05, 0) is 13.0 Å². The Morgan fingerprint density at radius 2 is 2.17 bits per heavy atom. The van der Waals surface area contributed by atoms with E-state index in [0.717, 1.165) is 11.3 Å². The van der Waals surface area contributed by atoms with Crippen molar-refractivity contribution in [2.24, 2.45) is 10.9 Å². The van der Waals surface area contributed by atoms with Gasteiger partial charge in [0.15, 0.2) is 10.8 Å². The first-order valence-corrected chi connectivity index (χ1v) is 12.8. The molecule has 3 atom stereocenters. The van der Waals surface area contributed by atoms with Gasteiger partial charge in [0.2, 0.25) is 5.91 Å². The maximum Gasteiger partial charge on any atom is 0.352 e. The number of carbonyl (C=O) groups is 4. The fourth-order valence-electron chi connectivity index (χ4n) is 3.90. The van der Waals surface area contributed by atoms with Gasteiger partial charge in [0.1, 0.15) is 36.5 Å². The Balaban J connectivity index is 1.79. The van der Waals surface area contributed by atoms with Gasteiger partial charge in [-0.3, -0.25) is 19.3 Å². The molecule has 3 amide bonds. The molecule has 1 aromatic heterocycles. The molecule has 15 heteroatoms. The highest BCUT2D eigenvalue weighted by molar-refractivity contribution is 8.00. The highest BCUT2D eigenvalue weighted by Gasteiger charge is 2.55. The molecule has 2 aliphatic heterocycles. The van der Waals surface area contributed by atoms with Crippen molar-refractivity contribution >= 4 is 57.6 Å². The molecule has 1 aromatic rings. The summed E-state index contributed by atoms with van der Waals surface area (Å²) in [6, 6.07) is -0.943. The average Bonchev–Trinajstić information content (AvgIpc) is 3.25. The van der Waals surface area contributed by atoms with Gasteiger partial charge in [-0.25, -0.2) is 9.78 Å². The number of aliphatic carboxylic acids is 1. The van der Waals surface area contributed by atoms with Crippen LogP contribution in [0.4, 0.5) is 5.13 Å². The molecule has 0 saturated carbocycles. The van der Waals surface area contributed by atoms with Crippen LogP contribution in [0.2, 0.25) is 0 Å². The molecule has 194 valence electrons. The van der Waals surface area contributed by atoms with E-state index < -0.39 is 35.1 Å². The summed E-state index contributed by atoms with van der Waals surface area (Å²) in [4.78, 5) is 59.1. The number of anilines is 1. The summed E-state index contributed by atoms with van der Waals surface area (Å²) in [6.07, 6.45) is 2.93. The van der Waals surface area contributed by atoms with E-state index in [1.807, 2.05) is 14.0 Å². The van der Waals surface area contributed by atoms with E-state index in [2.05, 4.69) is 15.5 Å². The monoisotopic (exact) mass is 538 g/mol. The number of β-lactam (4-membered cyclic amide) rings is 1. The second-order valence-corrected chi connectivity index (χ2v) is 10.4. The summed E-state index contributed by atoms with van der Waals surface area (Å²) >= 11 is 2.48. The first kappa shape index (κ1) is 27.2. The van der Waals surface area contributed by atoms with Crippen LogP contribution in [0.25, 0.3) is 0 Å². The van der Waals surface area contributed by atoms with E-state index in [9.17, 15) is 24.3 Å². The standard InChI is InChI=1S/C21H27N7O6S2/c1-4-28(2,7-5-6-13(22)29)8-11-9-35-19-15(18(31)27(19)16(11)20(32)33)25-17(30)14(26-34-3)12-10-36-21(23)24-12/h5-6,10,15,19H,4,7-9H2,1-3H3,(H5-,22,23,24,25,29,30,32,33)/p+1/b6-5+,26-14-/t15-,19-,28?/m1/s1. The fourth-order valence-corrected chi connectivity index (χ4v) is 5.78. The lowest BCUT2D eigenvalue weighted by atomic mass is 10.0. The summed E-state index contributed by atoms with van der Waals surface area (Å²) in [7, 11) is 3.20. The lowest BCUT2D eigenvalue weighted by molar-refractivity contribution is -0.897. The smallest absolute Gasteiger partial charge is 0.352 e. The van der Waals surface area contributed by atoms with Gasteiger partial charge in [-0.15, -0.1) is 23.1 Å². The second-order valence-electron chi connectivity index (χ2n) is 8.39. The Morgan fingerprint density at radius 1 is 1.44 bits per heavy atom. The molecule has 13 nitrogen and oxygen atoms in total. The minimum absolute atomic E-state index is 0.0796. The van der Waals surface area contributed by atoms with E-state index in [1.165, 1.54) is 35.2 Å². The predicted octanol–water partition coefficient (Wildman–Crippen LogP) is -0.678. The van der Waals surface area contributed by atoms with Crippen molar-refractivity contribution in [3.63, 3.8) is 0 Å². The number of hydrogen-bond donors (Lipinski definition) is 4. The van der Waals surface area contributed by atoms with Crippen molar-refractivity contribution in [1.82, 2.24) is 15.2 Å². The number of thioether (sulfide) groups is 1. The number of nitrogens with zero attached hydrogens (tertiary/aromatic N) is 4. The molecule has 36 heavy (non-hydrogen) atoms. The number of carboxylic acid groups (broad SMARTS) is 1. The number of amides is 3. The van der Waals surface area contributed by atoms with Crippen molar-refractivity contribution in [1.29, 1.82) is 0 Å². The van der Waals surface area contributed by atoms with Crippen molar-refractivity contribution in [2.45, 2.75) is 18.3 Å². The zero-order chi connectivity index (χ0) is 26.6. The Morgan fingerprint density at radius 3 is 2.72 bits per heavy atom. The Labute approximate surface area is 215 Å². The number of hydrogen-bond acceptors (Lipinski definition) is 10. The normalized spacial score (nSPS) is 21.6. The van der Waals surface area contributed by atoms with Crippen LogP contribution in [0.1, 0.15) is 12.6 Å². The maximum absolute atomic E-state index is 13.0. The number of rotatable bonds is 11. The number of thiazole rings is 1. The number of nitrogens with one attached hydrogen (secondary N) is 1. The van der Waals surface area contributed by atoms with Crippen molar-refractivity contribution < 1.29 is 33.6 Å². The number of nitrogen functional groups attached to an aromatic ring is 1. The van der Waals surface area contributed by atoms with E-state index in [1.54, 1.807) is 6.08 Å². The highest BCUT2D eigenvalue weighted by atomic mass is 32.2. The predicted molar refractivity (Wildman–Crippen MR) is 135 cm³/mol. The van der Waals surface area contributed by atoms with Crippen LogP contribution in [-0.2, 0) is 24.0 Å². The van der Waals surface area contributed by atoms with Crippen molar-refractivity contribution in [2.75, 3.05) is 45.3 Å². The average molecular weight is 539 g/mol. The van der Waals surface area contributed by atoms with Crippen LogP contribution in [0.3, 0.4) is 0 Å². The molecule has 1 fully saturated rings. The number of fused-ring (bicyclic) bond motifs is 1. The topological polar surface area (TPSA) is 190 Å². The molecule has 3 heterocycles. The summed E-state index contributed by atoms with van der Waals surface area (Å²) in [5.41, 5.74) is 11.4. The third-order valence-corrected chi connectivity index (χ3v) is 7.88. The largest absolute Gasteiger partial charge is 0.477 e. The molecule has 1 unspecified atom stereocenters. The molecule has 0 aliphatic carbocycles. The lowest BCUT2D eigenvalue weighted by Gasteiger charge is -2.50. The van der Waals surface area contributed by atoms with Crippen LogP contribution in [-0.4, -0.2) is 99.8 Å². The fraction of sp³-hybridized carbons (Fsp3) is 0.429. The number of nitrogens with two attached hydrogens (primary N) is 2. The van der Waals surface area contributed by atoms with Gasteiger partial charge in [0.05, 0.1) is 20.1 Å². The third kappa shape index (κ3) is 5.68. The number of carbonyl (C=O) groups excluding carboxylic acids is 3. The second kappa shape index (κ2) is 11.1. The summed E-state index contributed by atoms with van der Waals surface area (Å²) in [5.74, 6) is -2.65. The van der Waals surface area contributed by atoms with Gasteiger partial charge in [0, 0.05) is 22.8 Å². The summed E-state index contributed by atoms with van der Waals surface area (Å²) in [6.45, 7) is 3.42. The minimum atomic E-state index is -1.22. The van der Waals surface area contributed by atoms with Gasteiger partial charge < -0.3 is 31.2 Å². The number of oxime groups is 1. The summed E-state index contributed by atoms with van der Waals surface area (Å²) in [5, 5.41) is 17.5. The SMILES string of the molecule is CC[N+](C)(C/C=C/C(N)=O)CC1=C(C(=O)O)N2C(=O)[C@@H](NC(=O)/C(=N\OC)c3csc(N)n3)[C@H]2SC1. The molecule has 2 aliphatic rings. The minimum Gasteiger partial charge on any atom is -0.477 e. The van der Waals surface area contributed by atoms with Gasteiger partial charge in [-0.1, -0.05) is 5.16 Å². The first-order chi connectivity index (χ1) is 17.0. The van der Waals surface area contributed by atoms with Crippen LogP contribution in [0.5, 0.6) is 0 Å². The van der Waals surface area contributed by atoms with Gasteiger partial charge in [0.25, 0.3) is 11.8 Å². The molecule has 1 saturated heterocycles. The molecule has 6 N–H and O–H groups in total. The highest BCUT2D eigenvalue weighted by Crippen LogP contribution is 2.41. The first-order valence-electron chi connectivity index (χ1n) is 10.8. The van der Waals surface area contributed by atoms with E-state index in [-0.39, 0.29) is 22.2 Å². The molecule has 0 bridgehead atoms. The van der Waals surface area contributed by atoms with Crippen LogP contribution in [0, 0.1) is 0 Å². The molecular weight excluding hydrogens is 510 g/mol. The number of likely N-dealkylation sites (N-methyl/N-ethyl adjacent to an activating group) is 1. The van der Waals surface area contributed by atoms with E-state index >= 15 is 0 Å². The molecule has 0 radical (unpaired) electrons. The molecule has 3 rings (SSSR count). The lowest BCUT2D eigenvalue weighted by Crippen LogP contribution is -2.71. The Kier molecular flexibility index (Phi) is 8.37. The Bertz CT molecular complexity index is 1160. The van der Waals surface area contributed by atoms with E-state index in [0.29, 0.717) is 35.4 Å². The van der Waals surface area contributed by atoms with Gasteiger partial charge in [-0.2, -0.15) is 0 Å². The number of primary amides is 1. The number of carboxylic acids is 1. The van der Waals surface area contributed by atoms with Crippen LogP contribution in [0.15, 0.2) is 34.0 Å². The quantitative estimate of drug-likeness (QED) is 0.0929. The van der Waals surface area contributed by atoms with E-state index in [4.69, 9.17) is 16.3 Å². The van der Waals surface area contributed by atoms with Crippen LogP contribution < -0.4 is 16.8 Å². The zero-order valence-corrected chi connectivity index (χ0v) is 21.6. The third-order valence-electron chi connectivity index (χ3n) is 5.86. The van der Waals surface area contributed by atoms with Crippen molar-refractivity contribution in [3.05, 3.63) is 34.5 Å². The van der Waals surface area contributed by atoms with Crippen LogP contribution >= 0.6 is 23.1 Å². The zero-order valence-electron chi connectivity index (χ0n) is 20.0. The Hall–Kier alpha value is -3.43. The number of quaternary nitrogens is 1. The van der Waals surface area contributed by atoms with Gasteiger partial charge >= 0.3 is 5.97 Å². The molecule has 0 spiro atoms. The number of aromatic nitrogens is 1. The summed E-state index contributed by atoms with van der Waals surface area (Å²) < 4.78 is 0.414. The molecule has 0 aromatic carbocycles.